The van der Waals surface area contributed by atoms with Crippen molar-refractivity contribution in [3.05, 3.63) is 22.7 Å². The van der Waals surface area contributed by atoms with Crippen molar-refractivity contribution in [1.29, 1.82) is 0 Å². The number of nitrogens with one attached hydrogen (secondary N) is 2. The van der Waals surface area contributed by atoms with Crippen LogP contribution in [-0.4, -0.2) is 54.8 Å². The summed E-state index contributed by atoms with van der Waals surface area (Å²) in [6.45, 7) is 2.55. The van der Waals surface area contributed by atoms with Crippen molar-refractivity contribution < 1.29 is 14.4 Å². The van der Waals surface area contributed by atoms with Crippen molar-refractivity contribution in [1.82, 2.24) is 9.80 Å². The molecular formula is C17H23BrN4O3. The van der Waals surface area contributed by atoms with Crippen LogP contribution in [0.2, 0.25) is 0 Å². The maximum atomic E-state index is 12.6. The first kappa shape index (κ1) is 19.2. The Morgan fingerprint density at radius 3 is 2.32 bits per heavy atom. The van der Waals surface area contributed by atoms with Gasteiger partial charge in [-0.25, -0.2) is 4.79 Å². The number of anilines is 2. The van der Waals surface area contributed by atoms with E-state index in [1.165, 1.54) is 6.92 Å². The lowest BCUT2D eigenvalue weighted by molar-refractivity contribution is -0.121. The third-order valence-corrected chi connectivity index (χ3v) is 4.56. The second-order valence-electron chi connectivity index (χ2n) is 6.30. The van der Waals surface area contributed by atoms with E-state index in [1.807, 2.05) is 0 Å². The Labute approximate surface area is 155 Å². The summed E-state index contributed by atoms with van der Waals surface area (Å²) in [5.41, 5.74) is 1.12. The van der Waals surface area contributed by atoms with E-state index in [-0.39, 0.29) is 23.8 Å². The van der Waals surface area contributed by atoms with E-state index < -0.39 is 0 Å². The van der Waals surface area contributed by atoms with Gasteiger partial charge in [0.15, 0.2) is 0 Å². The first-order valence-corrected chi connectivity index (χ1v) is 8.91. The number of halogens is 1. The SMILES string of the molecule is CC(=O)Nc1ccc(Br)cc1NC(=O)C1CCN(C(=O)N(C)C)CC1. The van der Waals surface area contributed by atoms with E-state index in [4.69, 9.17) is 0 Å². The molecule has 0 atom stereocenters. The Kier molecular flexibility index (Phi) is 6.41. The van der Waals surface area contributed by atoms with Crippen LogP contribution in [0, 0.1) is 5.92 Å². The zero-order valence-corrected chi connectivity index (χ0v) is 16.2. The van der Waals surface area contributed by atoms with Crippen LogP contribution in [0.15, 0.2) is 22.7 Å². The monoisotopic (exact) mass is 410 g/mol. The van der Waals surface area contributed by atoms with Crippen LogP contribution in [-0.2, 0) is 9.59 Å². The van der Waals surface area contributed by atoms with Crippen molar-refractivity contribution in [2.24, 2.45) is 5.92 Å². The topological polar surface area (TPSA) is 81.8 Å². The molecule has 7 nitrogen and oxygen atoms in total. The summed E-state index contributed by atoms with van der Waals surface area (Å²) in [4.78, 5) is 39.1. The molecule has 25 heavy (non-hydrogen) atoms. The molecule has 0 unspecified atom stereocenters. The minimum Gasteiger partial charge on any atom is -0.331 e. The van der Waals surface area contributed by atoms with Gasteiger partial charge in [0.1, 0.15) is 0 Å². The molecule has 8 heteroatoms. The number of hydrogen-bond donors (Lipinski definition) is 2. The van der Waals surface area contributed by atoms with Crippen LogP contribution in [0.1, 0.15) is 19.8 Å². The quantitative estimate of drug-likeness (QED) is 0.803. The predicted octanol–water partition coefficient (Wildman–Crippen LogP) is 2.74. The van der Waals surface area contributed by atoms with Crippen LogP contribution in [0.5, 0.6) is 0 Å². The van der Waals surface area contributed by atoms with Crippen LogP contribution in [0.4, 0.5) is 16.2 Å². The number of carbonyl (C=O) groups is 3. The van der Waals surface area contributed by atoms with Crippen molar-refractivity contribution in [3.63, 3.8) is 0 Å². The maximum absolute atomic E-state index is 12.6. The van der Waals surface area contributed by atoms with Gasteiger partial charge in [-0.2, -0.15) is 0 Å². The van der Waals surface area contributed by atoms with Crippen LogP contribution < -0.4 is 10.6 Å². The number of hydrogen-bond acceptors (Lipinski definition) is 3. The third-order valence-electron chi connectivity index (χ3n) is 4.07. The number of carbonyl (C=O) groups excluding carboxylic acids is 3. The molecule has 2 rings (SSSR count). The van der Waals surface area contributed by atoms with Gasteiger partial charge in [-0.15, -0.1) is 0 Å². The molecule has 1 fully saturated rings. The number of urea groups is 1. The molecule has 1 saturated heterocycles. The number of benzene rings is 1. The summed E-state index contributed by atoms with van der Waals surface area (Å²) in [7, 11) is 3.44. The summed E-state index contributed by atoms with van der Waals surface area (Å²) in [6, 6.07) is 5.26. The zero-order valence-electron chi connectivity index (χ0n) is 14.6. The molecule has 0 radical (unpaired) electrons. The lowest BCUT2D eigenvalue weighted by atomic mass is 9.96. The van der Waals surface area contributed by atoms with Gasteiger partial charge in [-0.3, -0.25) is 9.59 Å². The third kappa shape index (κ3) is 5.19. The second kappa shape index (κ2) is 8.33. The number of piperidine rings is 1. The molecule has 0 saturated carbocycles. The van der Waals surface area contributed by atoms with Gasteiger partial charge in [-0.05, 0) is 31.0 Å². The van der Waals surface area contributed by atoms with Crippen molar-refractivity contribution >= 4 is 45.2 Å². The average molecular weight is 411 g/mol. The molecule has 4 amide bonds. The molecule has 1 aromatic rings. The Morgan fingerprint density at radius 1 is 1.12 bits per heavy atom. The molecule has 1 heterocycles. The molecule has 0 aromatic heterocycles. The molecule has 0 spiro atoms. The fourth-order valence-electron chi connectivity index (χ4n) is 2.77. The Hall–Kier alpha value is -2.09. The minimum absolute atomic E-state index is 0.0289. The van der Waals surface area contributed by atoms with Crippen LogP contribution in [0.25, 0.3) is 0 Å². The Balaban J connectivity index is 2.00. The molecule has 0 aliphatic carbocycles. The smallest absolute Gasteiger partial charge is 0.319 e. The van der Waals surface area contributed by atoms with Crippen molar-refractivity contribution in [2.45, 2.75) is 19.8 Å². The Morgan fingerprint density at radius 2 is 1.76 bits per heavy atom. The molecule has 1 aliphatic rings. The van der Waals surface area contributed by atoms with Crippen molar-refractivity contribution in [2.75, 3.05) is 37.8 Å². The number of amides is 4. The van der Waals surface area contributed by atoms with Gasteiger partial charge in [0.25, 0.3) is 0 Å². The van der Waals surface area contributed by atoms with E-state index in [0.717, 1.165) is 4.47 Å². The fraction of sp³-hybridized carbons (Fsp3) is 0.471. The summed E-state index contributed by atoms with van der Waals surface area (Å²) < 4.78 is 0.809. The number of rotatable bonds is 3. The van der Waals surface area contributed by atoms with E-state index in [9.17, 15) is 14.4 Å². The standard InChI is InChI=1S/C17H23BrN4O3/c1-11(23)19-14-5-4-13(18)10-15(14)20-16(24)12-6-8-22(9-7-12)17(25)21(2)3/h4-5,10,12H,6-9H2,1-3H3,(H,19,23)(H,20,24). The summed E-state index contributed by atoms with van der Waals surface area (Å²) in [5, 5.41) is 5.61. The minimum atomic E-state index is -0.201. The second-order valence-corrected chi connectivity index (χ2v) is 7.21. The largest absolute Gasteiger partial charge is 0.331 e. The van der Waals surface area contributed by atoms with Gasteiger partial charge >= 0.3 is 6.03 Å². The molecular weight excluding hydrogens is 388 g/mol. The average Bonchev–Trinajstić information content (AvgIpc) is 2.56. The number of likely N-dealkylation sites (tertiary alicyclic amines) is 1. The lowest BCUT2D eigenvalue weighted by Gasteiger charge is -2.33. The van der Waals surface area contributed by atoms with Gasteiger partial charge in [0, 0.05) is 44.5 Å². The van der Waals surface area contributed by atoms with E-state index in [2.05, 4.69) is 26.6 Å². The van der Waals surface area contributed by atoms with Gasteiger partial charge < -0.3 is 20.4 Å². The molecule has 1 aromatic carbocycles. The first-order valence-electron chi connectivity index (χ1n) is 8.12. The van der Waals surface area contributed by atoms with Gasteiger partial charge in [-0.1, -0.05) is 15.9 Å². The molecule has 1 aliphatic heterocycles. The normalized spacial score (nSPS) is 14.8. The highest BCUT2D eigenvalue weighted by atomic mass is 79.9. The first-order chi connectivity index (χ1) is 11.8. The van der Waals surface area contributed by atoms with E-state index in [1.54, 1.807) is 42.1 Å². The zero-order chi connectivity index (χ0) is 18.6. The summed E-state index contributed by atoms with van der Waals surface area (Å²) >= 11 is 3.37. The predicted molar refractivity (Wildman–Crippen MR) is 100 cm³/mol. The number of nitrogens with zero attached hydrogens (tertiary/aromatic N) is 2. The molecule has 0 bridgehead atoms. The highest BCUT2D eigenvalue weighted by molar-refractivity contribution is 9.10. The fourth-order valence-corrected chi connectivity index (χ4v) is 3.13. The van der Waals surface area contributed by atoms with Gasteiger partial charge in [0.05, 0.1) is 11.4 Å². The van der Waals surface area contributed by atoms with Crippen molar-refractivity contribution in [3.8, 4) is 0 Å². The summed E-state index contributed by atoms with van der Waals surface area (Å²) in [6.07, 6.45) is 1.24. The van der Waals surface area contributed by atoms with Crippen LogP contribution in [0.3, 0.4) is 0 Å². The molecule has 136 valence electrons. The highest BCUT2D eigenvalue weighted by Gasteiger charge is 2.28. The maximum Gasteiger partial charge on any atom is 0.319 e. The molecule has 2 N–H and O–H groups in total. The van der Waals surface area contributed by atoms with E-state index in [0.29, 0.717) is 37.3 Å². The van der Waals surface area contributed by atoms with E-state index >= 15 is 0 Å². The summed E-state index contributed by atoms with van der Waals surface area (Å²) in [5.74, 6) is -0.453. The van der Waals surface area contributed by atoms with Gasteiger partial charge in [0.2, 0.25) is 11.8 Å². The van der Waals surface area contributed by atoms with Crippen LogP contribution >= 0.6 is 15.9 Å². The lowest BCUT2D eigenvalue weighted by Crippen LogP contribution is -2.45. The Bertz CT molecular complexity index is 670. The highest BCUT2D eigenvalue weighted by Crippen LogP contribution is 2.28.